The van der Waals surface area contributed by atoms with E-state index >= 15 is 0 Å². The Morgan fingerprint density at radius 3 is 2.68 bits per heavy atom. The summed E-state index contributed by atoms with van der Waals surface area (Å²) in [6.45, 7) is 11.3. The molecule has 0 atom stereocenters. The molecule has 3 aromatic heterocycles. The second kappa shape index (κ2) is 10.9. The maximum absolute atomic E-state index is 13.9. The van der Waals surface area contributed by atoms with E-state index in [1.165, 1.54) is 4.90 Å². The molecule has 0 aliphatic carbocycles. The fourth-order valence-corrected chi connectivity index (χ4v) is 4.72. The van der Waals surface area contributed by atoms with Crippen molar-refractivity contribution in [3.8, 4) is 17.0 Å². The molecule has 5 heterocycles. The zero-order chi connectivity index (χ0) is 29.5. The molecule has 3 aromatic rings. The highest BCUT2D eigenvalue weighted by Gasteiger charge is 2.34. The minimum absolute atomic E-state index is 0.157. The number of amides is 2. The number of carbonyl (C=O) groups is 2. The Morgan fingerprint density at radius 1 is 1.17 bits per heavy atom. The minimum Gasteiger partial charge on any atom is -0.489 e. The average molecular weight is 560 g/mol. The van der Waals surface area contributed by atoms with Gasteiger partial charge < -0.3 is 24.6 Å². The van der Waals surface area contributed by atoms with Crippen LogP contribution in [0.1, 0.15) is 56.2 Å². The third-order valence-corrected chi connectivity index (χ3v) is 7.06. The zero-order valence-electron chi connectivity index (χ0n) is 24.7. The first kappa shape index (κ1) is 28.1. The number of carbonyl (C=O) groups excluding carboxylic acids is 2. The van der Waals surface area contributed by atoms with Crippen LogP contribution in [0, 0.1) is 0 Å². The summed E-state index contributed by atoms with van der Waals surface area (Å²) in [5.41, 5.74) is 3.56. The van der Waals surface area contributed by atoms with Crippen LogP contribution < -0.4 is 19.9 Å². The summed E-state index contributed by atoms with van der Waals surface area (Å²) in [5, 5.41) is 3.30. The third-order valence-electron chi connectivity index (χ3n) is 7.06. The van der Waals surface area contributed by atoms with E-state index in [0.717, 1.165) is 16.8 Å². The highest BCUT2D eigenvalue weighted by molar-refractivity contribution is 6.10. The van der Waals surface area contributed by atoms with Crippen LogP contribution in [0.4, 0.5) is 22.1 Å². The number of fused-ring (bicyclic) bond motifs is 2. The molecule has 2 aliphatic heterocycles. The van der Waals surface area contributed by atoms with Gasteiger partial charge in [-0.15, -0.1) is 0 Å². The molecule has 41 heavy (non-hydrogen) atoms. The van der Waals surface area contributed by atoms with Crippen molar-refractivity contribution >= 4 is 29.3 Å². The second-order valence-electron chi connectivity index (χ2n) is 11.6. The molecule has 11 heteroatoms. The van der Waals surface area contributed by atoms with E-state index < -0.39 is 11.7 Å². The van der Waals surface area contributed by atoms with Gasteiger partial charge in [-0.3, -0.25) is 14.7 Å². The molecule has 0 aromatic carbocycles. The topological polar surface area (TPSA) is 113 Å². The average Bonchev–Trinajstić information content (AvgIpc) is 3.27. The standard InChI is InChI=1S/C30H37N7O4/c1-18(2)36(7)26-13-19-21(24(34-26)17-35(6)29(39)41-30(3,4)5)16-37(28(19)38)25-10-8-9-22(33-25)20-14-31-15-23-27(20)40-12-11-32-23/h8-10,13-15,18,32H,11-12,16-17H2,1-7H3. The highest BCUT2D eigenvalue weighted by atomic mass is 16.6. The molecule has 0 bridgehead atoms. The third kappa shape index (κ3) is 5.75. The van der Waals surface area contributed by atoms with Crippen LogP contribution in [0.2, 0.25) is 0 Å². The molecule has 1 N–H and O–H groups in total. The van der Waals surface area contributed by atoms with Gasteiger partial charge in [0.2, 0.25) is 0 Å². The van der Waals surface area contributed by atoms with Gasteiger partial charge in [0, 0.05) is 38.4 Å². The lowest BCUT2D eigenvalue weighted by molar-refractivity contribution is 0.0282. The molecule has 0 fully saturated rings. The van der Waals surface area contributed by atoms with Crippen LogP contribution in [-0.2, 0) is 17.8 Å². The van der Waals surface area contributed by atoms with E-state index in [9.17, 15) is 9.59 Å². The Morgan fingerprint density at radius 2 is 1.95 bits per heavy atom. The second-order valence-corrected chi connectivity index (χ2v) is 11.6. The number of hydrogen-bond acceptors (Lipinski definition) is 9. The quantitative estimate of drug-likeness (QED) is 0.459. The van der Waals surface area contributed by atoms with E-state index in [1.54, 1.807) is 24.3 Å². The number of hydrogen-bond donors (Lipinski definition) is 1. The summed E-state index contributed by atoms with van der Waals surface area (Å²) in [6.07, 6.45) is 3.00. The van der Waals surface area contributed by atoms with Gasteiger partial charge in [-0.05, 0) is 52.8 Å². The van der Waals surface area contributed by atoms with Crippen molar-refractivity contribution in [2.75, 3.05) is 42.4 Å². The Bertz CT molecular complexity index is 1480. The van der Waals surface area contributed by atoms with Gasteiger partial charge >= 0.3 is 6.09 Å². The molecule has 0 saturated heterocycles. The van der Waals surface area contributed by atoms with Crippen LogP contribution in [-0.4, -0.2) is 70.7 Å². The molecule has 216 valence electrons. The van der Waals surface area contributed by atoms with E-state index in [0.29, 0.717) is 47.5 Å². The Kier molecular flexibility index (Phi) is 7.46. The molecule has 11 nitrogen and oxygen atoms in total. The predicted octanol–water partition coefficient (Wildman–Crippen LogP) is 4.71. The van der Waals surface area contributed by atoms with Gasteiger partial charge in [-0.2, -0.15) is 0 Å². The van der Waals surface area contributed by atoms with Crippen LogP contribution >= 0.6 is 0 Å². The number of pyridine rings is 3. The van der Waals surface area contributed by atoms with Gasteiger partial charge in [-0.1, -0.05) is 6.07 Å². The molecule has 0 unspecified atom stereocenters. The molecular formula is C30H37N7O4. The van der Waals surface area contributed by atoms with Gasteiger partial charge in [-0.25, -0.2) is 14.8 Å². The first-order chi connectivity index (χ1) is 19.4. The van der Waals surface area contributed by atoms with Crippen molar-refractivity contribution in [2.24, 2.45) is 0 Å². The first-order valence-corrected chi connectivity index (χ1v) is 13.8. The molecule has 2 aliphatic rings. The van der Waals surface area contributed by atoms with Crippen molar-refractivity contribution < 1.29 is 19.1 Å². The summed E-state index contributed by atoms with van der Waals surface area (Å²) >= 11 is 0. The molecule has 0 radical (unpaired) electrons. The molecule has 0 saturated carbocycles. The smallest absolute Gasteiger partial charge is 0.410 e. The maximum atomic E-state index is 13.9. The Hall–Kier alpha value is -4.41. The van der Waals surface area contributed by atoms with Crippen molar-refractivity contribution in [2.45, 2.75) is 59.4 Å². The van der Waals surface area contributed by atoms with E-state index in [-0.39, 0.29) is 25.0 Å². The van der Waals surface area contributed by atoms with Gasteiger partial charge in [0.25, 0.3) is 5.91 Å². The van der Waals surface area contributed by atoms with E-state index in [2.05, 4.69) is 24.1 Å². The molecule has 0 spiro atoms. The van der Waals surface area contributed by atoms with Crippen molar-refractivity contribution in [3.05, 3.63) is 53.5 Å². The van der Waals surface area contributed by atoms with Crippen LogP contribution in [0.15, 0.2) is 36.7 Å². The maximum Gasteiger partial charge on any atom is 0.410 e. The van der Waals surface area contributed by atoms with Gasteiger partial charge in [0.15, 0.2) is 5.75 Å². The number of rotatable bonds is 6. The fraction of sp³-hybridized carbons (Fsp3) is 0.433. The monoisotopic (exact) mass is 559 g/mol. The summed E-state index contributed by atoms with van der Waals surface area (Å²) in [5.74, 6) is 1.70. The molecule has 2 amide bonds. The normalized spacial score (nSPS) is 14.2. The van der Waals surface area contributed by atoms with Crippen molar-refractivity contribution in [1.82, 2.24) is 19.9 Å². The Labute approximate surface area is 240 Å². The molecule has 5 rings (SSSR count). The highest BCUT2D eigenvalue weighted by Crippen LogP contribution is 2.38. The number of ether oxygens (including phenoxy) is 2. The van der Waals surface area contributed by atoms with Gasteiger partial charge in [0.1, 0.15) is 23.8 Å². The number of aromatic nitrogens is 3. The Balaban J connectivity index is 1.50. The fourth-order valence-electron chi connectivity index (χ4n) is 4.72. The van der Waals surface area contributed by atoms with Crippen molar-refractivity contribution in [3.63, 3.8) is 0 Å². The lowest BCUT2D eigenvalue weighted by atomic mass is 10.1. The number of nitrogens with one attached hydrogen (secondary N) is 1. The van der Waals surface area contributed by atoms with Crippen LogP contribution in [0.3, 0.4) is 0 Å². The summed E-state index contributed by atoms with van der Waals surface area (Å²) in [4.78, 5) is 45.9. The van der Waals surface area contributed by atoms with Crippen LogP contribution in [0.25, 0.3) is 11.3 Å². The van der Waals surface area contributed by atoms with Gasteiger partial charge in [0.05, 0.1) is 47.5 Å². The lowest BCUT2D eigenvalue weighted by Crippen LogP contribution is -2.34. The largest absolute Gasteiger partial charge is 0.489 e. The number of nitrogens with zero attached hydrogens (tertiary/aromatic N) is 6. The zero-order valence-corrected chi connectivity index (χ0v) is 24.7. The SMILES string of the molecule is CC(C)N(C)c1cc2c(c(CN(C)C(=O)OC(C)(C)C)n1)CN(c1cccc(-c3cncc4c3OCCN4)n1)C2=O. The minimum atomic E-state index is -0.626. The van der Waals surface area contributed by atoms with E-state index in [4.69, 9.17) is 19.4 Å². The molecular weight excluding hydrogens is 522 g/mol. The summed E-state index contributed by atoms with van der Waals surface area (Å²) in [7, 11) is 3.61. The first-order valence-electron chi connectivity index (χ1n) is 13.8. The summed E-state index contributed by atoms with van der Waals surface area (Å²) < 4.78 is 11.5. The predicted molar refractivity (Wildman–Crippen MR) is 157 cm³/mol. The van der Waals surface area contributed by atoms with E-state index in [1.807, 2.05) is 57.0 Å². The lowest BCUT2D eigenvalue weighted by Gasteiger charge is -2.26. The van der Waals surface area contributed by atoms with Crippen LogP contribution in [0.5, 0.6) is 5.75 Å². The summed E-state index contributed by atoms with van der Waals surface area (Å²) in [6, 6.07) is 7.55. The number of anilines is 3. The van der Waals surface area contributed by atoms with Crippen molar-refractivity contribution in [1.29, 1.82) is 0 Å².